The normalized spacial score (nSPS) is 11.6. The third kappa shape index (κ3) is 3.54. The van der Waals surface area contributed by atoms with Crippen molar-refractivity contribution in [2.45, 2.75) is 0 Å². The number of aromatic nitrogens is 4. The molecular weight excluding hydrogens is 508 g/mol. The van der Waals surface area contributed by atoms with Crippen molar-refractivity contribution < 1.29 is 0 Å². The fourth-order valence-corrected chi connectivity index (χ4v) is 5.67. The van der Waals surface area contributed by atoms with E-state index in [-0.39, 0.29) is 10.9 Å². The molecule has 8 rings (SSSR count). The van der Waals surface area contributed by atoms with Crippen LogP contribution in [0.1, 0.15) is 0 Å². The van der Waals surface area contributed by atoms with Gasteiger partial charge in [-0.3, -0.25) is 9.59 Å². The minimum absolute atomic E-state index is 0.136. The van der Waals surface area contributed by atoms with Crippen molar-refractivity contribution in [1.29, 1.82) is 0 Å². The molecule has 0 aliphatic carbocycles. The molecule has 0 spiro atoms. The molecule has 0 saturated heterocycles. The molecule has 0 atom stereocenters. The molecule has 192 valence electrons. The van der Waals surface area contributed by atoms with E-state index in [0.717, 1.165) is 22.2 Å². The van der Waals surface area contributed by atoms with Gasteiger partial charge in [-0.2, -0.15) is 0 Å². The van der Waals surface area contributed by atoms with Crippen LogP contribution in [0.2, 0.25) is 0 Å². The Kier molecular flexibility index (Phi) is 5.02. The van der Waals surface area contributed by atoms with E-state index in [1.165, 1.54) is 0 Å². The molecule has 6 heteroatoms. The number of hydrogen-bond donors (Lipinski definition) is 0. The fraction of sp³-hybridized carbons (Fsp3) is 0. The first-order chi connectivity index (χ1) is 20.2. The van der Waals surface area contributed by atoms with Crippen LogP contribution in [0.5, 0.6) is 0 Å². The molecular formula is C35H20N4O2. The van der Waals surface area contributed by atoms with Crippen LogP contribution in [0.4, 0.5) is 0 Å². The van der Waals surface area contributed by atoms with Gasteiger partial charge in [-0.05, 0) is 36.4 Å². The minimum Gasteiger partial charge on any atom is -0.308 e. The summed E-state index contributed by atoms with van der Waals surface area (Å²) in [5.74, 6) is 1.41. The molecule has 0 aliphatic rings. The van der Waals surface area contributed by atoms with Gasteiger partial charge in [0.1, 0.15) is 0 Å². The van der Waals surface area contributed by atoms with Crippen molar-refractivity contribution >= 4 is 38.1 Å². The quantitative estimate of drug-likeness (QED) is 0.187. The van der Waals surface area contributed by atoms with E-state index in [2.05, 4.69) is 0 Å². The van der Waals surface area contributed by atoms with E-state index in [9.17, 15) is 9.59 Å². The molecule has 0 N–H and O–H groups in total. The van der Waals surface area contributed by atoms with Crippen LogP contribution in [0.15, 0.2) is 131 Å². The second-order valence-corrected chi connectivity index (χ2v) is 9.99. The molecule has 8 aromatic rings. The predicted molar refractivity (Wildman–Crippen MR) is 163 cm³/mol. The molecule has 0 fully saturated rings. The first-order valence-corrected chi connectivity index (χ1v) is 13.3. The summed E-state index contributed by atoms with van der Waals surface area (Å²) in [5.41, 5.74) is 4.11. The van der Waals surface area contributed by atoms with Crippen LogP contribution in [-0.2, 0) is 0 Å². The van der Waals surface area contributed by atoms with Crippen molar-refractivity contribution in [3.63, 3.8) is 0 Å². The van der Waals surface area contributed by atoms with Crippen LogP contribution >= 0.6 is 0 Å². The second kappa shape index (κ2) is 8.89. The van der Waals surface area contributed by atoms with Gasteiger partial charge in [0.05, 0.1) is 16.6 Å². The molecule has 0 aliphatic heterocycles. The van der Waals surface area contributed by atoms with E-state index in [0.29, 0.717) is 50.1 Å². The van der Waals surface area contributed by atoms with Gasteiger partial charge < -0.3 is 4.40 Å². The summed E-state index contributed by atoms with van der Waals surface area (Å²) < 4.78 is 2.03. The second-order valence-electron chi connectivity index (χ2n) is 9.99. The Morgan fingerprint density at radius 2 is 0.805 bits per heavy atom. The summed E-state index contributed by atoms with van der Waals surface area (Å²) in [6.45, 7) is 0. The number of nitrogens with zero attached hydrogens (tertiary/aromatic N) is 4. The van der Waals surface area contributed by atoms with E-state index >= 15 is 0 Å². The zero-order valence-electron chi connectivity index (χ0n) is 21.7. The summed E-state index contributed by atoms with van der Waals surface area (Å²) in [6.07, 6.45) is 0. The third-order valence-electron chi connectivity index (χ3n) is 7.56. The predicted octanol–water partition coefficient (Wildman–Crippen LogP) is 6.74. The van der Waals surface area contributed by atoms with E-state index in [1.807, 2.05) is 126 Å². The highest BCUT2D eigenvalue weighted by molar-refractivity contribution is 6.09. The van der Waals surface area contributed by atoms with E-state index < -0.39 is 0 Å². The number of fused-ring (bicyclic) bond motifs is 4. The first kappa shape index (κ1) is 23.2. The van der Waals surface area contributed by atoms with Crippen LogP contribution in [0.25, 0.3) is 72.3 Å². The van der Waals surface area contributed by atoms with Gasteiger partial charge in [0, 0.05) is 38.2 Å². The van der Waals surface area contributed by atoms with Gasteiger partial charge in [-0.1, -0.05) is 84.9 Å². The Labute approximate surface area is 233 Å². The standard InChI is InChI=1S/C35H20N4O2/c40-31-24-15-7-9-17-28(24)39-29-18-10-8-16-25(29)32(41)27-20-23(19-26(31)30(27)39)35-37-33(21-11-3-1-4-12-21)36-34(38-35)22-13-5-2-6-14-22/h1-20H. The molecule has 6 nitrogen and oxygen atoms in total. The van der Waals surface area contributed by atoms with E-state index in [4.69, 9.17) is 15.0 Å². The molecule has 0 amide bonds. The molecule has 5 aromatic carbocycles. The van der Waals surface area contributed by atoms with Crippen molar-refractivity contribution in [1.82, 2.24) is 19.4 Å². The lowest BCUT2D eigenvalue weighted by molar-refractivity contribution is 1.07. The van der Waals surface area contributed by atoms with Gasteiger partial charge in [0.25, 0.3) is 0 Å². The van der Waals surface area contributed by atoms with Gasteiger partial charge in [-0.15, -0.1) is 0 Å². The van der Waals surface area contributed by atoms with E-state index in [1.54, 1.807) is 0 Å². The molecule has 3 heterocycles. The maximum absolute atomic E-state index is 13.9. The molecule has 0 saturated carbocycles. The summed E-state index contributed by atoms with van der Waals surface area (Å²) in [6, 6.07) is 38.1. The lowest BCUT2D eigenvalue weighted by Crippen LogP contribution is -2.14. The molecule has 0 bridgehead atoms. The van der Waals surface area contributed by atoms with Gasteiger partial charge in [0.15, 0.2) is 28.3 Å². The van der Waals surface area contributed by atoms with Crippen molar-refractivity contribution in [3.05, 3.63) is 142 Å². The largest absolute Gasteiger partial charge is 0.308 e. The Balaban J connectivity index is 1.52. The first-order valence-electron chi connectivity index (χ1n) is 13.3. The minimum atomic E-state index is -0.136. The fourth-order valence-electron chi connectivity index (χ4n) is 5.67. The molecule has 41 heavy (non-hydrogen) atoms. The van der Waals surface area contributed by atoms with Gasteiger partial charge in [0.2, 0.25) is 0 Å². The van der Waals surface area contributed by atoms with Crippen LogP contribution in [0.3, 0.4) is 0 Å². The average Bonchev–Trinajstić information content (AvgIpc) is 3.05. The Hall–Kier alpha value is -5.75. The third-order valence-corrected chi connectivity index (χ3v) is 7.56. The Morgan fingerprint density at radius 3 is 1.27 bits per heavy atom. The highest BCUT2D eigenvalue weighted by Crippen LogP contribution is 2.31. The summed E-state index contributed by atoms with van der Waals surface area (Å²) >= 11 is 0. The summed E-state index contributed by atoms with van der Waals surface area (Å²) in [4.78, 5) is 42.3. The number of para-hydroxylation sites is 2. The van der Waals surface area contributed by atoms with Crippen LogP contribution in [0, 0.1) is 0 Å². The smallest absolute Gasteiger partial charge is 0.197 e. The Bertz CT molecular complexity index is 2240. The lowest BCUT2D eigenvalue weighted by atomic mass is 10.00. The zero-order valence-corrected chi connectivity index (χ0v) is 21.7. The summed E-state index contributed by atoms with van der Waals surface area (Å²) in [7, 11) is 0. The maximum Gasteiger partial charge on any atom is 0.197 e. The van der Waals surface area contributed by atoms with Gasteiger partial charge >= 0.3 is 0 Å². The Morgan fingerprint density at radius 1 is 0.415 bits per heavy atom. The number of rotatable bonds is 3. The average molecular weight is 529 g/mol. The molecule has 0 radical (unpaired) electrons. The van der Waals surface area contributed by atoms with Gasteiger partial charge in [-0.25, -0.2) is 15.0 Å². The summed E-state index contributed by atoms with van der Waals surface area (Å²) in [5, 5.41) is 2.06. The number of pyridine rings is 2. The SMILES string of the molecule is O=c1c2ccccc2n2c3ccccc3c(=O)c3cc(-c4nc(-c5ccccc5)nc(-c5ccccc5)n4)cc1c32. The molecule has 0 unspecified atom stereocenters. The van der Waals surface area contributed by atoms with Crippen molar-refractivity contribution in [2.24, 2.45) is 0 Å². The highest BCUT2D eigenvalue weighted by atomic mass is 16.1. The van der Waals surface area contributed by atoms with Crippen LogP contribution in [-0.4, -0.2) is 19.4 Å². The topological polar surface area (TPSA) is 77.2 Å². The highest BCUT2D eigenvalue weighted by Gasteiger charge is 2.20. The van der Waals surface area contributed by atoms with Crippen LogP contribution < -0.4 is 10.9 Å². The van der Waals surface area contributed by atoms with Crippen molar-refractivity contribution in [2.75, 3.05) is 0 Å². The molecule has 3 aromatic heterocycles. The van der Waals surface area contributed by atoms with Crippen molar-refractivity contribution in [3.8, 4) is 34.2 Å². The lowest BCUT2D eigenvalue weighted by Gasteiger charge is -2.15. The number of hydrogen-bond acceptors (Lipinski definition) is 5. The zero-order chi connectivity index (χ0) is 27.5. The monoisotopic (exact) mass is 528 g/mol. The maximum atomic E-state index is 13.9. The number of benzene rings is 5.